The van der Waals surface area contributed by atoms with Crippen LogP contribution in [0.1, 0.15) is 43.0 Å². The summed E-state index contributed by atoms with van der Waals surface area (Å²) in [5.74, 6) is 5.67. The van der Waals surface area contributed by atoms with Gasteiger partial charge in [0.05, 0.1) is 11.7 Å². The molecule has 0 aromatic carbocycles. The first kappa shape index (κ1) is 11.3. The van der Waals surface area contributed by atoms with Gasteiger partial charge < -0.3 is 0 Å². The Labute approximate surface area is 96.7 Å². The van der Waals surface area contributed by atoms with E-state index in [1.54, 1.807) is 0 Å². The fraction of sp³-hybridized carbons (Fsp3) is 0.462. The number of aromatic nitrogens is 1. The number of hydrogen-bond donors (Lipinski definition) is 2. The van der Waals surface area contributed by atoms with Crippen LogP contribution in [0.4, 0.5) is 0 Å². The van der Waals surface area contributed by atoms with E-state index in [4.69, 9.17) is 5.84 Å². The van der Waals surface area contributed by atoms with E-state index < -0.39 is 0 Å². The molecule has 1 aromatic heterocycles. The van der Waals surface area contributed by atoms with E-state index in [9.17, 15) is 0 Å². The molecule has 1 atom stereocenters. The third-order valence-electron chi connectivity index (χ3n) is 3.19. The lowest BCUT2D eigenvalue weighted by molar-refractivity contribution is 0.553. The van der Waals surface area contributed by atoms with E-state index in [-0.39, 0.29) is 6.04 Å². The predicted octanol–water partition coefficient (Wildman–Crippen LogP) is 2.39. The molecule has 16 heavy (non-hydrogen) atoms. The van der Waals surface area contributed by atoms with Crippen molar-refractivity contribution in [3.8, 4) is 0 Å². The van der Waals surface area contributed by atoms with Crippen LogP contribution in [0.25, 0.3) is 0 Å². The zero-order valence-electron chi connectivity index (χ0n) is 9.74. The minimum atomic E-state index is 0.0847. The van der Waals surface area contributed by atoms with Crippen molar-refractivity contribution in [2.24, 2.45) is 5.84 Å². The first-order valence-electron chi connectivity index (χ1n) is 5.89. The third kappa shape index (κ3) is 2.31. The number of nitrogens with zero attached hydrogens (tertiary/aromatic N) is 1. The van der Waals surface area contributed by atoms with Crippen LogP contribution >= 0.6 is 0 Å². The van der Waals surface area contributed by atoms with Gasteiger partial charge in [0.2, 0.25) is 0 Å². The fourth-order valence-electron chi connectivity index (χ4n) is 2.29. The topological polar surface area (TPSA) is 50.9 Å². The van der Waals surface area contributed by atoms with Gasteiger partial charge in [0, 0.05) is 6.20 Å². The Morgan fingerprint density at radius 1 is 1.44 bits per heavy atom. The molecule has 0 saturated carbocycles. The number of rotatable bonds is 3. The molecule has 1 aliphatic carbocycles. The Morgan fingerprint density at radius 3 is 2.94 bits per heavy atom. The lowest BCUT2D eigenvalue weighted by atomic mass is 9.91. The Kier molecular flexibility index (Phi) is 3.70. The maximum absolute atomic E-state index is 5.67. The second kappa shape index (κ2) is 5.23. The van der Waals surface area contributed by atoms with Crippen LogP contribution < -0.4 is 11.3 Å². The van der Waals surface area contributed by atoms with Gasteiger partial charge in [-0.3, -0.25) is 10.8 Å². The van der Waals surface area contributed by atoms with Crippen molar-refractivity contribution in [1.82, 2.24) is 10.4 Å². The molecule has 0 amide bonds. The van der Waals surface area contributed by atoms with E-state index in [2.05, 4.69) is 29.5 Å². The molecule has 3 N–H and O–H groups in total. The molecular formula is C13H19N3. The molecule has 1 aromatic rings. The lowest BCUT2D eigenvalue weighted by Gasteiger charge is -2.23. The van der Waals surface area contributed by atoms with Gasteiger partial charge in [-0.15, -0.1) is 0 Å². The normalized spacial score (nSPS) is 18.0. The molecule has 0 spiro atoms. The summed E-state index contributed by atoms with van der Waals surface area (Å²) in [6, 6.07) is 4.12. The van der Waals surface area contributed by atoms with E-state index in [1.807, 2.05) is 12.3 Å². The van der Waals surface area contributed by atoms with Gasteiger partial charge in [-0.05, 0) is 44.2 Å². The Morgan fingerprint density at radius 2 is 2.31 bits per heavy atom. The molecule has 86 valence electrons. The molecule has 3 nitrogen and oxygen atoms in total. The van der Waals surface area contributed by atoms with Crippen LogP contribution in [-0.4, -0.2) is 4.98 Å². The Hall–Kier alpha value is -1.19. The highest BCUT2D eigenvalue weighted by Gasteiger charge is 2.19. The zero-order valence-corrected chi connectivity index (χ0v) is 9.74. The van der Waals surface area contributed by atoms with Crippen molar-refractivity contribution in [3.05, 3.63) is 41.2 Å². The highest BCUT2D eigenvalue weighted by atomic mass is 15.2. The van der Waals surface area contributed by atoms with Gasteiger partial charge in [-0.2, -0.15) is 0 Å². The number of aryl methyl sites for hydroxylation is 1. The Bertz CT molecular complexity index is 385. The summed E-state index contributed by atoms with van der Waals surface area (Å²) in [4.78, 5) is 4.44. The van der Waals surface area contributed by atoms with Gasteiger partial charge in [0.25, 0.3) is 0 Å². The van der Waals surface area contributed by atoms with E-state index in [0.717, 1.165) is 12.1 Å². The second-order valence-corrected chi connectivity index (χ2v) is 4.33. The molecule has 2 rings (SSSR count). The van der Waals surface area contributed by atoms with Gasteiger partial charge >= 0.3 is 0 Å². The highest BCUT2D eigenvalue weighted by molar-refractivity contribution is 5.29. The smallest absolute Gasteiger partial charge is 0.0844 e. The van der Waals surface area contributed by atoms with Crippen LogP contribution in [0, 0.1) is 6.92 Å². The molecular weight excluding hydrogens is 198 g/mol. The third-order valence-corrected chi connectivity index (χ3v) is 3.19. The maximum atomic E-state index is 5.67. The van der Waals surface area contributed by atoms with Gasteiger partial charge in [-0.25, -0.2) is 5.43 Å². The molecule has 1 heterocycles. The molecule has 0 radical (unpaired) electrons. The van der Waals surface area contributed by atoms with Crippen molar-refractivity contribution in [2.45, 2.75) is 38.6 Å². The minimum Gasteiger partial charge on any atom is -0.271 e. The number of nitrogens with one attached hydrogen (secondary N) is 1. The van der Waals surface area contributed by atoms with Crippen LogP contribution in [0.2, 0.25) is 0 Å². The highest BCUT2D eigenvalue weighted by Crippen LogP contribution is 2.29. The Balaban J connectivity index is 2.28. The number of hydrogen-bond acceptors (Lipinski definition) is 3. The average molecular weight is 217 g/mol. The minimum absolute atomic E-state index is 0.0847. The average Bonchev–Trinajstić information content (AvgIpc) is 2.34. The monoisotopic (exact) mass is 217 g/mol. The number of nitrogens with two attached hydrogens (primary N) is 1. The number of hydrazine groups is 1. The summed E-state index contributed by atoms with van der Waals surface area (Å²) in [5.41, 5.74) is 6.53. The van der Waals surface area contributed by atoms with Crippen LogP contribution in [0.3, 0.4) is 0 Å². The standard InChI is InChI=1S/C13H19N3/c1-10-6-5-9-15-12(10)13(16-14)11-7-3-2-4-8-11/h5-7,9,13,16H,2-4,8,14H2,1H3. The fourth-order valence-corrected chi connectivity index (χ4v) is 2.29. The van der Waals surface area contributed by atoms with Crippen molar-refractivity contribution in [3.63, 3.8) is 0 Å². The molecule has 0 saturated heterocycles. The summed E-state index contributed by atoms with van der Waals surface area (Å²) in [6.07, 6.45) is 8.99. The predicted molar refractivity (Wildman–Crippen MR) is 65.6 cm³/mol. The summed E-state index contributed by atoms with van der Waals surface area (Å²) in [5, 5.41) is 0. The van der Waals surface area contributed by atoms with Crippen molar-refractivity contribution >= 4 is 0 Å². The molecule has 0 bridgehead atoms. The van der Waals surface area contributed by atoms with Gasteiger partial charge in [-0.1, -0.05) is 17.7 Å². The van der Waals surface area contributed by atoms with Crippen LogP contribution in [-0.2, 0) is 0 Å². The van der Waals surface area contributed by atoms with Crippen molar-refractivity contribution < 1.29 is 0 Å². The summed E-state index contributed by atoms with van der Waals surface area (Å²) in [6.45, 7) is 2.08. The SMILES string of the molecule is Cc1cccnc1C(NN)C1=CCCCC1. The lowest BCUT2D eigenvalue weighted by Crippen LogP contribution is -2.31. The van der Waals surface area contributed by atoms with Crippen LogP contribution in [0.15, 0.2) is 30.0 Å². The molecule has 0 aliphatic heterocycles. The molecule has 3 heteroatoms. The summed E-state index contributed by atoms with van der Waals surface area (Å²) < 4.78 is 0. The van der Waals surface area contributed by atoms with Gasteiger partial charge in [0.1, 0.15) is 0 Å². The van der Waals surface area contributed by atoms with E-state index in [0.29, 0.717) is 0 Å². The number of allylic oxidation sites excluding steroid dienone is 1. The van der Waals surface area contributed by atoms with Crippen LogP contribution in [0.5, 0.6) is 0 Å². The van der Waals surface area contributed by atoms with E-state index in [1.165, 1.54) is 30.4 Å². The molecule has 0 fully saturated rings. The maximum Gasteiger partial charge on any atom is 0.0844 e. The molecule has 1 aliphatic rings. The van der Waals surface area contributed by atoms with Gasteiger partial charge in [0.15, 0.2) is 0 Å². The quantitative estimate of drug-likeness (QED) is 0.464. The summed E-state index contributed by atoms with van der Waals surface area (Å²) >= 11 is 0. The largest absolute Gasteiger partial charge is 0.271 e. The first-order chi connectivity index (χ1) is 7.83. The summed E-state index contributed by atoms with van der Waals surface area (Å²) in [7, 11) is 0. The van der Waals surface area contributed by atoms with Crippen molar-refractivity contribution in [2.75, 3.05) is 0 Å². The zero-order chi connectivity index (χ0) is 11.4. The number of pyridine rings is 1. The van der Waals surface area contributed by atoms with E-state index >= 15 is 0 Å². The second-order valence-electron chi connectivity index (χ2n) is 4.33. The first-order valence-corrected chi connectivity index (χ1v) is 5.89. The molecule has 1 unspecified atom stereocenters. The van der Waals surface area contributed by atoms with Crippen molar-refractivity contribution in [1.29, 1.82) is 0 Å².